The molecule has 102 valence electrons. The number of rotatable bonds is 8. The maximum absolute atomic E-state index is 10.7. The summed E-state index contributed by atoms with van der Waals surface area (Å²) < 4.78 is 14.2. The van der Waals surface area contributed by atoms with Crippen molar-refractivity contribution in [3.63, 3.8) is 0 Å². The summed E-state index contributed by atoms with van der Waals surface area (Å²) in [6.07, 6.45) is -5.85. The summed E-state index contributed by atoms with van der Waals surface area (Å²) in [4.78, 5) is 27.3. The predicted octanol–water partition coefficient (Wildman–Crippen LogP) is -2.87. The number of phosphoric ester groups is 1. The fourth-order valence-electron chi connectivity index (χ4n) is 0.947. The van der Waals surface area contributed by atoms with Crippen LogP contribution in [0.3, 0.4) is 0 Å². The van der Waals surface area contributed by atoms with Crippen LogP contribution in [0, 0.1) is 0 Å². The minimum atomic E-state index is -4.78. The van der Waals surface area contributed by atoms with Gasteiger partial charge in [0.15, 0.2) is 5.78 Å². The zero-order chi connectivity index (χ0) is 13.6. The van der Waals surface area contributed by atoms with Gasteiger partial charge in [0.1, 0.15) is 18.8 Å². The molecule has 0 aliphatic carbocycles. The van der Waals surface area contributed by atoms with Crippen molar-refractivity contribution in [2.75, 3.05) is 13.2 Å². The number of carbonyl (C=O) groups excluding carboxylic acids is 1. The highest BCUT2D eigenvalue weighted by atomic mass is 31.2. The number of phosphoric acid groups is 1. The van der Waals surface area contributed by atoms with Gasteiger partial charge in [0.25, 0.3) is 0 Å². The van der Waals surface area contributed by atoms with Crippen molar-refractivity contribution in [2.24, 2.45) is 0 Å². The van der Waals surface area contributed by atoms with E-state index in [2.05, 4.69) is 4.52 Å². The molecule has 0 saturated heterocycles. The normalized spacial score (nSPS) is 17.5. The number of aliphatic hydroxyl groups excluding tert-OH is 4. The molecule has 0 heterocycles. The molecule has 0 fully saturated rings. The van der Waals surface area contributed by atoms with E-state index in [4.69, 9.17) is 14.9 Å². The molecule has 0 aromatic rings. The van der Waals surface area contributed by atoms with Crippen LogP contribution in [-0.2, 0) is 13.9 Å². The van der Waals surface area contributed by atoms with Crippen LogP contribution in [0.15, 0.2) is 0 Å². The second-order valence-corrected chi connectivity index (χ2v) is 4.55. The van der Waals surface area contributed by atoms with Crippen LogP contribution in [0.25, 0.3) is 0 Å². The zero-order valence-electron chi connectivity index (χ0n) is 8.71. The Hall–Kier alpha value is -0.380. The maximum atomic E-state index is 10.7. The predicted molar refractivity (Wildman–Crippen MR) is 52.7 cm³/mol. The number of Topliss-reactive ketones (excluding diaryl/α,β-unsaturated/α-hetero) is 1. The monoisotopic (exact) mass is 274 g/mol. The quantitative estimate of drug-likeness (QED) is 0.255. The molecule has 0 rings (SSSR count). The van der Waals surface area contributed by atoms with Crippen LogP contribution >= 0.6 is 7.82 Å². The SMILES string of the molecule is O=C(CO)C[C@@H](O)[C@H](O)[C@H](O)COP(=O)(O)O. The molecule has 0 aromatic carbocycles. The van der Waals surface area contributed by atoms with E-state index in [0.29, 0.717) is 0 Å². The summed E-state index contributed by atoms with van der Waals surface area (Å²) in [5.74, 6) is -0.750. The summed E-state index contributed by atoms with van der Waals surface area (Å²) in [7, 11) is -4.78. The van der Waals surface area contributed by atoms with E-state index >= 15 is 0 Å². The number of hydrogen-bond acceptors (Lipinski definition) is 7. The Morgan fingerprint density at radius 2 is 1.71 bits per heavy atom. The van der Waals surface area contributed by atoms with Crippen molar-refractivity contribution in [1.29, 1.82) is 0 Å². The maximum Gasteiger partial charge on any atom is 0.469 e. The Morgan fingerprint density at radius 1 is 1.18 bits per heavy atom. The summed E-state index contributed by atoms with van der Waals surface area (Å²) in [5, 5.41) is 36.1. The molecule has 0 aliphatic rings. The average Bonchev–Trinajstić information content (AvgIpc) is 2.23. The number of carbonyl (C=O) groups is 1. The minimum Gasteiger partial charge on any atom is -0.390 e. The zero-order valence-corrected chi connectivity index (χ0v) is 9.60. The van der Waals surface area contributed by atoms with E-state index in [1.807, 2.05) is 0 Å². The summed E-state index contributed by atoms with van der Waals surface area (Å²) >= 11 is 0. The van der Waals surface area contributed by atoms with Gasteiger partial charge in [0.2, 0.25) is 0 Å². The van der Waals surface area contributed by atoms with Gasteiger partial charge in [-0.15, -0.1) is 0 Å². The molecule has 0 aliphatic heterocycles. The van der Waals surface area contributed by atoms with Crippen LogP contribution < -0.4 is 0 Å². The fourth-order valence-corrected chi connectivity index (χ4v) is 1.29. The molecule has 0 radical (unpaired) electrons. The van der Waals surface area contributed by atoms with Crippen LogP contribution in [0.1, 0.15) is 6.42 Å². The second-order valence-electron chi connectivity index (χ2n) is 3.31. The average molecular weight is 274 g/mol. The Kier molecular flexibility index (Phi) is 6.98. The molecular weight excluding hydrogens is 259 g/mol. The summed E-state index contributed by atoms with van der Waals surface area (Å²) in [6.45, 7) is -1.73. The molecule has 0 bridgehead atoms. The smallest absolute Gasteiger partial charge is 0.390 e. The van der Waals surface area contributed by atoms with Gasteiger partial charge < -0.3 is 30.2 Å². The van der Waals surface area contributed by atoms with Gasteiger partial charge in [-0.1, -0.05) is 0 Å². The third-order valence-electron chi connectivity index (χ3n) is 1.82. The summed E-state index contributed by atoms with van der Waals surface area (Å²) in [5.41, 5.74) is 0. The highest BCUT2D eigenvalue weighted by molar-refractivity contribution is 7.46. The fraction of sp³-hybridized carbons (Fsp3) is 0.857. The topological polar surface area (TPSA) is 165 Å². The van der Waals surface area contributed by atoms with E-state index in [9.17, 15) is 24.7 Å². The van der Waals surface area contributed by atoms with Crippen molar-refractivity contribution in [1.82, 2.24) is 0 Å². The molecule has 0 aromatic heterocycles. The molecule has 0 amide bonds. The van der Waals surface area contributed by atoms with E-state index < -0.39 is 51.6 Å². The van der Waals surface area contributed by atoms with Gasteiger partial charge in [-0.05, 0) is 0 Å². The van der Waals surface area contributed by atoms with Crippen LogP contribution in [0.5, 0.6) is 0 Å². The van der Waals surface area contributed by atoms with Gasteiger partial charge in [0, 0.05) is 6.42 Å². The first-order valence-electron chi connectivity index (χ1n) is 4.54. The highest BCUT2D eigenvalue weighted by Crippen LogP contribution is 2.35. The molecule has 0 saturated carbocycles. The lowest BCUT2D eigenvalue weighted by Gasteiger charge is -2.22. The third-order valence-corrected chi connectivity index (χ3v) is 2.30. The number of ketones is 1. The first kappa shape index (κ1) is 16.6. The first-order chi connectivity index (χ1) is 7.67. The lowest BCUT2D eigenvalue weighted by atomic mass is 10.0. The van der Waals surface area contributed by atoms with E-state index in [-0.39, 0.29) is 0 Å². The first-order valence-corrected chi connectivity index (χ1v) is 6.07. The molecule has 3 atom stereocenters. The Bertz CT molecular complexity index is 287. The molecule has 9 nitrogen and oxygen atoms in total. The second kappa shape index (κ2) is 7.14. The number of aliphatic hydroxyl groups is 4. The van der Waals surface area contributed by atoms with Crippen molar-refractivity contribution < 1.29 is 44.1 Å². The molecule has 10 heteroatoms. The van der Waals surface area contributed by atoms with Crippen molar-refractivity contribution in [3.05, 3.63) is 0 Å². The highest BCUT2D eigenvalue weighted by Gasteiger charge is 2.28. The lowest BCUT2D eigenvalue weighted by Crippen LogP contribution is -2.41. The minimum absolute atomic E-state index is 0.593. The summed E-state index contributed by atoms with van der Waals surface area (Å²) in [6, 6.07) is 0. The molecule has 6 N–H and O–H groups in total. The largest absolute Gasteiger partial charge is 0.469 e. The Balaban J connectivity index is 4.15. The van der Waals surface area contributed by atoms with Crippen LogP contribution in [-0.4, -0.2) is 67.5 Å². The van der Waals surface area contributed by atoms with Gasteiger partial charge in [-0.25, -0.2) is 4.57 Å². The molecule has 17 heavy (non-hydrogen) atoms. The van der Waals surface area contributed by atoms with Crippen LogP contribution in [0.4, 0.5) is 0 Å². The van der Waals surface area contributed by atoms with Crippen molar-refractivity contribution >= 4 is 13.6 Å². The van der Waals surface area contributed by atoms with Crippen LogP contribution in [0.2, 0.25) is 0 Å². The number of hydrogen-bond donors (Lipinski definition) is 6. The molecule has 0 unspecified atom stereocenters. The third kappa shape index (κ3) is 7.53. The Labute approximate surface area is 96.5 Å². The van der Waals surface area contributed by atoms with Crippen molar-refractivity contribution in [3.8, 4) is 0 Å². The van der Waals surface area contributed by atoms with E-state index in [0.717, 1.165) is 0 Å². The van der Waals surface area contributed by atoms with Gasteiger partial charge >= 0.3 is 7.82 Å². The van der Waals surface area contributed by atoms with E-state index in [1.165, 1.54) is 0 Å². The standard InChI is InChI=1S/C7H15O9P/c8-2-4(9)1-5(10)7(12)6(11)3-16-17(13,14)15/h5-8,10-12H,1-3H2,(H2,13,14,15)/t5-,6-,7+/m1/s1. The Morgan fingerprint density at radius 3 is 2.12 bits per heavy atom. The van der Waals surface area contributed by atoms with E-state index in [1.54, 1.807) is 0 Å². The van der Waals surface area contributed by atoms with Gasteiger partial charge in [-0.3, -0.25) is 9.32 Å². The lowest BCUT2D eigenvalue weighted by molar-refractivity contribution is -0.128. The van der Waals surface area contributed by atoms with Crippen molar-refractivity contribution in [2.45, 2.75) is 24.7 Å². The molecular formula is C7H15O9P. The van der Waals surface area contributed by atoms with Gasteiger partial charge in [-0.2, -0.15) is 0 Å². The van der Waals surface area contributed by atoms with Gasteiger partial charge in [0.05, 0.1) is 12.7 Å². The molecule has 0 spiro atoms.